The van der Waals surface area contributed by atoms with Crippen LogP contribution in [0.15, 0.2) is 170 Å². The summed E-state index contributed by atoms with van der Waals surface area (Å²) in [5.74, 6) is 0.411. The van der Waals surface area contributed by atoms with E-state index in [0.29, 0.717) is 5.92 Å². The second-order valence-corrected chi connectivity index (χ2v) is 15.5. The number of hydrogen-bond acceptors (Lipinski definition) is 2. The van der Waals surface area contributed by atoms with Crippen LogP contribution in [0.2, 0.25) is 0 Å². The van der Waals surface area contributed by atoms with Crippen LogP contribution < -0.4 is 4.90 Å². The van der Waals surface area contributed by atoms with Crippen molar-refractivity contribution in [1.29, 1.82) is 0 Å². The lowest BCUT2D eigenvalue weighted by atomic mass is 9.66. The summed E-state index contributed by atoms with van der Waals surface area (Å²) in [6, 6.07) is 52.6. The van der Waals surface area contributed by atoms with Gasteiger partial charge in [-0.15, -0.1) is 11.3 Å². The Balaban J connectivity index is 1.22. The van der Waals surface area contributed by atoms with Crippen LogP contribution in [0.4, 0.5) is 17.1 Å². The molecule has 0 fully saturated rings. The van der Waals surface area contributed by atoms with Crippen molar-refractivity contribution >= 4 is 44.6 Å². The van der Waals surface area contributed by atoms with Gasteiger partial charge in [0.1, 0.15) is 0 Å². The van der Waals surface area contributed by atoms with Crippen molar-refractivity contribution in [2.75, 3.05) is 4.90 Å². The van der Waals surface area contributed by atoms with Gasteiger partial charge in [-0.2, -0.15) is 0 Å². The van der Waals surface area contributed by atoms with Crippen LogP contribution in [0.25, 0.3) is 27.3 Å². The lowest BCUT2D eigenvalue weighted by Gasteiger charge is -2.35. The Morgan fingerprint density at radius 3 is 2.25 bits per heavy atom. The van der Waals surface area contributed by atoms with Crippen LogP contribution >= 0.6 is 11.3 Å². The predicted molar refractivity (Wildman–Crippen MR) is 222 cm³/mol. The summed E-state index contributed by atoms with van der Waals surface area (Å²) in [7, 11) is 0. The maximum atomic E-state index is 2.51. The van der Waals surface area contributed by atoms with Gasteiger partial charge in [0, 0.05) is 32.3 Å². The number of fused-ring (bicyclic) bond motifs is 6. The third kappa shape index (κ3) is 4.75. The highest BCUT2D eigenvalue weighted by Gasteiger charge is 2.46. The molecule has 2 heteroatoms. The number of anilines is 3. The molecule has 250 valence electrons. The lowest BCUT2D eigenvalue weighted by Crippen LogP contribution is -2.29. The van der Waals surface area contributed by atoms with Crippen LogP contribution in [-0.4, -0.2) is 0 Å². The predicted octanol–water partition coefficient (Wildman–Crippen LogP) is 13.6. The molecule has 7 aromatic rings. The topological polar surface area (TPSA) is 3.24 Å². The van der Waals surface area contributed by atoms with Crippen molar-refractivity contribution in [3.8, 4) is 11.1 Å². The fourth-order valence-electron chi connectivity index (χ4n) is 9.14. The molecule has 0 N–H and O–H groups in total. The largest absolute Gasteiger partial charge is 0.310 e. The molecule has 0 spiro atoms. The molecule has 0 radical (unpaired) electrons. The smallest absolute Gasteiger partial charge is 0.0716 e. The van der Waals surface area contributed by atoms with E-state index in [-0.39, 0.29) is 0 Å². The first kappa shape index (κ1) is 31.1. The maximum absolute atomic E-state index is 2.51. The van der Waals surface area contributed by atoms with Gasteiger partial charge in [-0.1, -0.05) is 140 Å². The molecule has 1 nitrogen and oxygen atoms in total. The maximum Gasteiger partial charge on any atom is 0.0716 e. The van der Waals surface area contributed by atoms with Crippen molar-refractivity contribution in [2.24, 2.45) is 0 Å². The molecular formula is C50H39NS. The summed E-state index contributed by atoms with van der Waals surface area (Å²) in [5.41, 5.74) is 15.1. The minimum absolute atomic E-state index is 0.411. The number of rotatable bonds is 6. The van der Waals surface area contributed by atoms with Gasteiger partial charge in [-0.25, -0.2) is 0 Å². The third-order valence-corrected chi connectivity index (χ3v) is 12.7. The average molecular weight is 686 g/mol. The van der Waals surface area contributed by atoms with Crippen LogP contribution in [0, 0.1) is 6.92 Å². The second-order valence-electron chi connectivity index (χ2n) is 14.3. The van der Waals surface area contributed by atoms with Crippen LogP contribution in [0.5, 0.6) is 0 Å². The Hall–Kier alpha value is -5.70. The monoisotopic (exact) mass is 685 g/mol. The van der Waals surface area contributed by atoms with E-state index in [9.17, 15) is 0 Å². The van der Waals surface area contributed by atoms with Gasteiger partial charge in [-0.3, -0.25) is 0 Å². The summed E-state index contributed by atoms with van der Waals surface area (Å²) in [6.45, 7) is 2.26. The molecule has 1 aromatic heterocycles. The lowest BCUT2D eigenvalue weighted by molar-refractivity contribution is 0.761. The van der Waals surface area contributed by atoms with Crippen LogP contribution in [0.3, 0.4) is 0 Å². The van der Waals surface area contributed by atoms with Crippen LogP contribution in [0.1, 0.15) is 62.6 Å². The Morgan fingerprint density at radius 2 is 1.42 bits per heavy atom. The molecule has 1 heterocycles. The quantitative estimate of drug-likeness (QED) is 0.168. The second kappa shape index (κ2) is 12.5. The van der Waals surface area contributed by atoms with Gasteiger partial charge in [0.05, 0.1) is 11.1 Å². The molecule has 0 saturated carbocycles. The van der Waals surface area contributed by atoms with Gasteiger partial charge in [-0.05, 0) is 113 Å². The number of nitrogens with zero attached hydrogens (tertiary/aromatic N) is 1. The van der Waals surface area contributed by atoms with Gasteiger partial charge in [0.15, 0.2) is 0 Å². The van der Waals surface area contributed by atoms with Gasteiger partial charge < -0.3 is 4.90 Å². The first-order valence-electron chi connectivity index (χ1n) is 18.5. The van der Waals surface area contributed by atoms with Crippen molar-refractivity contribution in [3.63, 3.8) is 0 Å². The highest BCUT2D eigenvalue weighted by atomic mass is 32.1. The first-order chi connectivity index (χ1) is 25.7. The molecule has 52 heavy (non-hydrogen) atoms. The van der Waals surface area contributed by atoms with Crippen molar-refractivity contribution in [3.05, 3.63) is 214 Å². The molecule has 2 unspecified atom stereocenters. The molecular weight excluding hydrogens is 647 g/mol. The van der Waals surface area contributed by atoms with Crippen LogP contribution in [-0.2, 0) is 11.8 Å². The number of thiophene rings is 1. The zero-order valence-corrected chi connectivity index (χ0v) is 30.1. The van der Waals surface area contributed by atoms with E-state index in [2.05, 4.69) is 188 Å². The van der Waals surface area contributed by atoms with E-state index in [0.717, 1.165) is 19.3 Å². The summed E-state index contributed by atoms with van der Waals surface area (Å²) in [5, 5.41) is 1.35. The summed E-state index contributed by atoms with van der Waals surface area (Å²) in [4.78, 5) is 4.00. The highest BCUT2D eigenvalue weighted by molar-refractivity contribution is 7.19. The summed E-state index contributed by atoms with van der Waals surface area (Å²) >= 11 is 1.96. The summed E-state index contributed by atoms with van der Waals surface area (Å²) in [6.07, 6.45) is 16.9. The molecule has 6 aromatic carbocycles. The molecule has 3 aliphatic rings. The molecule has 3 aliphatic carbocycles. The Morgan fingerprint density at radius 1 is 0.654 bits per heavy atom. The van der Waals surface area contributed by atoms with E-state index in [1.54, 1.807) is 0 Å². The number of allylic oxidation sites excluding steroid dienone is 5. The Kier molecular flexibility index (Phi) is 7.47. The van der Waals surface area contributed by atoms with Crippen molar-refractivity contribution < 1.29 is 0 Å². The zero-order valence-electron chi connectivity index (χ0n) is 29.3. The van der Waals surface area contributed by atoms with Gasteiger partial charge >= 0.3 is 0 Å². The minimum atomic E-state index is -0.428. The number of hydrogen-bond donors (Lipinski definition) is 0. The highest BCUT2D eigenvalue weighted by Crippen LogP contribution is 2.58. The molecule has 0 saturated heterocycles. The summed E-state index contributed by atoms with van der Waals surface area (Å²) < 4.78 is 1.35. The Bertz CT molecular complexity index is 2570. The average Bonchev–Trinajstić information content (AvgIpc) is 3.73. The molecule has 0 aliphatic heterocycles. The van der Waals surface area contributed by atoms with E-state index >= 15 is 0 Å². The van der Waals surface area contributed by atoms with Crippen molar-refractivity contribution in [1.82, 2.24) is 0 Å². The molecule has 0 bridgehead atoms. The molecule has 0 amide bonds. The van der Waals surface area contributed by atoms with E-state index in [1.165, 1.54) is 82.1 Å². The minimum Gasteiger partial charge on any atom is -0.310 e. The number of aryl methyl sites for hydroxylation is 2. The molecule has 10 rings (SSSR count). The van der Waals surface area contributed by atoms with Crippen molar-refractivity contribution in [2.45, 2.75) is 37.5 Å². The first-order valence-corrected chi connectivity index (χ1v) is 19.3. The fraction of sp³-hybridized carbons (Fsp3) is 0.120. The van der Waals surface area contributed by atoms with Gasteiger partial charge in [0.2, 0.25) is 0 Å². The Labute approximate surface area is 310 Å². The normalized spacial score (nSPS) is 18.3. The zero-order chi connectivity index (χ0) is 34.6. The molecule has 2 atom stereocenters. The number of benzene rings is 6. The fourth-order valence-corrected chi connectivity index (χ4v) is 10.4. The van der Waals surface area contributed by atoms with E-state index < -0.39 is 5.41 Å². The van der Waals surface area contributed by atoms with Gasteiger partial charge in [0.25, 0.3) is 0 Å². The van der Waals surface area contributed by atoms with E-state index in [1.807, 2.05) is 11.3 Å². The third-order valence-electron chi connectivity index (χ3n) is 11.5. The van der Waals surface area contributed by atoms with E-state index in [4.69, 9.17) is 0 Å². The standard InChI is InChI=1S/C50H39NS/c1-34-15-8-11-22-43(34)50(37-18-6-3-7-19-37)44-23-12-9-20-40(44)42-33-39(31-32-45(42)50)51(38-29-27-36(28-30-38)35-16-4-2-5-17-35)46-24-14-26-48-49(46)41-21-10-13-25-47(41)52-48/h2-12,14-16,18-24,26-33,35H,13,17,25H2,1H3. The SMILES string of the molecule is Cc1ccccc1C1(c2ccccc2)c2ccccc2-c2cc(N(c3ccc(C4C=CC=CC4)cc3)c3cccc4sc5c(c34)C=CCC5)ccc21.